The average Bonchev–Trinajstić information content (AvgIpc) is 2.29. The van der Waals surface area contributed by atoms with E-state index in [0.29, 0.717) is 6.61 Å². The van der Waals surface area contributed by atoms with E-state index >= 15 is 0 Å². The van der Waals surface area contributed by atoms with Crippen molar-refractivity contribution >= 4 is 11.7 Å². The Bertz CT molecular complexity index is 390. The van der Waals surface area contributed by atoms with Crippen LogP contribution in [0.25, 0.3) is 0 Å². The molecule has 0 saturated heterocycles. The molecule has 0 bridgehead atoms. The van der Waals surface area contributed by atoms with E-state index in [-0.39, 0.29) is 17.0 Å². The maximum absolute atomic E-state index is 10.7. The highest BCUT2D eigenvalue weighted by Crippen LogP contribution is 2.28. The molecule has 5 nitrogen and oxygen atoms in total. The van der Waals surface area contributed by atoms with E-state index in [2.05, 4.69) is 5.18 Å². The van der Waals surface area contributed by atoms with Gasteiger partial charge in [0.15, 0.2) is 0 Å². The fourth-order valence-corrected chi connectivity index (χ4v) is 1.16. The van der Waals surface area contributed by atoms with Crippen LogP contribution in [0.2, 0.25) is 0 Å². The number of hydrogen-bond acceptors (Lipinski definition) is 4. The third-order valence-electron chi connectivity index (χ3n) is 2.06. The van der Waals surface area contributed by atoms with Crippen LogP contribution in [0.3, 0.4) is 0 Å². The lowest BCUT2D eigenvalue weighted by molar-refractivity contribution is 0.0696. The molecule has 16 heavy (non-hydrogen) atoms. The summed E-state index contributed by atoms with van der Waals surface area (Å²) in [5, 5.41) is 11.6. The van der Waals surface area contributed by atoms with E-state index in [4.69, 9.17) is 9.84 Å². The lowest BCUT2D eigenvalue weighted by Gasteiger charge is -2.07. The van der Waals surface area contributed by atoms with Gasteiger partial charge in [-0.15, -0.1) is 4.91 Å². The van der Waals surface area contributed by atoms with Crippen molar-refractivity contribution in [2.24, 2.45) is 5.18 Å². The molecular formula is C11H13NO4. The van der Waals surface area contributed by atoms with Crippen LogP contribution >= 0.6 is 0 Å². The van der Waals surface area contributed by atoms with Crippen molar-refractivity contribution < 1.29 is 14.6 Å². The first-order chi connectivity index (χ1) is 7.69. The van der Waals surface area contributed by atoms with E-state index in [1.54, 1.807) is 0 Å². The molecule has 0 heterocycles. The smallest absolute Gasteiger partial charge is 0.335 e. The number of unbranched alkanes of at least 4 members (excludes halogenated alkanes) is 1. The highest BCUT2D eigenvalue weighted by molar-refractivity contribution is 5.88. The van der Waals surface area contributed by atoms with Gasteiger partial charge in [-0.25, -0.2) is 4.79 Å². The lowest BCUT2D eigenvalue weighted by atomic mass is 10.2. The minimum atomic E-state index is -1.06. The number of carboxylic acid groups (broad SMARTS) is 1. The first kappa shape index (κ1) is 12.2. The van der Waals surface area contributed by atoms with Gasteiger partial charge in [-0.2, -0.15) is 0 Å². The van der Waals surface area contributed by atoms with Crippen molar-refractivity contribution in [1.82, 2.24) is 0 Å². The highest BCUT2D eigenvalue weighted by atomic mass is 16.5. The zero-order valence-corrected chi connectivity index (χ0v) is 8.97. The monoisotopic (exact) mass is 223 g/mol. The number of carbonyl (C=O) groups is 1. The van der Waals surface area contributed by atoms with Gasteiger partial charge in [0.25, 0.3) is 0 Å². The van der Waals surface area contributed by atoms with Gasteiger partial charge in [0.05, 0.1) is 12.2 Å². The normalized spacial score (nSPS) is 9.81. The zero-order valence-electron chi connectivity index (χ0n) is 8.97. The SMILES string of the molecule is CCCCOc1cc(C(=O)O)ccc1N=O. The van der Waals surface area contributed by atoms with Crippen LogP contribution in [0.15, 0.2) is 23.4 Å². The molecule has 0 radical (unpaired) electrons. The molecule has 0 aromatic heterocycles. The number of nitrogens with zero attached hydrogens (tertiary/aromatic N) is 1. The number of aromatic carboxylic acids is 1. The van der Waals surface area contributed by atoms with Gasteiger partial charge >= 0.3 is 5.97 Å². The fourth-order valence-electron chi connectivity index (χ4n) is 1.16. The summed E-state index contributed by atoms with van der Waals surface area (Å²) in [5.74, 6) is -0.832. The predicted molar refractivity (Wildman–Crippen MR) is 59.3 cm³/mol. The molecule has 5 heteroatoms. The number of carboxylic acids is 1. The molecule has 1 aromatic rings. The summed E-state index contributed by atoms with van der Waals surface area (Å²) in [5.41, 5.74) is 0.208. The van der Waals surface area contributed by atoms with Crippen LogP contribution in [0.5, 0.6) is 5.75 Å². The Hall–Kier alpha value is -1.91. The first-order valence-electron chi connectivity index (χ1n) is 5.02. The Morgan fingerprint density at radius 1 is 1.50 bits per heavy atom. The van der Waals surface area contributed by atoms with Crippen LogP contribution in [-0.4, -0.2) is 17.7 Å². The fraction of sp³-hybridized carbons (Fsp3) is 0.364. The average molecular weight is 223 g/mol. The summed E-state index contributed by atoms with van der Waals surface area (Å²) < 4.78 is 5.30. The van der Waals surface area contributed by atoms with E-state index in [0.717, 1.165) is 12.8 Å². The van der Waals surface area contributed by atoms with Crippen molar-refractivity contribution in [2.45, 2.75) is 19.8 Å². The van der Waals surface area contributed by atoms with Gasteiger partial charge < -0.3 is 9.84 Å². The van der Waals surface area contributed by atoms with Crippen LogP contribution in [-0.2, 0) is 0 Å². The number of hydrogen-bond donors (Lipinski definition) is 1. The number of benzene rings is 1. The van der Waals surface area contributed by atoms with Crippen molar-refractivity contribution in [2.75, 3.05) is 6.61 Å². The van der Waals surface area contributed by atoms with E-state index < -0.39 is 5.97 Å². The van der Waals surface area contributed by atoms with Gasteiger partial charge in [-0.05, 0) is 29.8 Å². The van der Waals surface area contributed by atoms with E-state index in [1.807, 2.05) is 6.92 Å². The molecule has 0 atom stereocenters. The number of nitroso groups, excluding NO2 is 1. The van der Waals surface area contributed by atoms with Gasteiger partial charge in [-0.3, -0.25) is 0 Å². The number of rotatable bonds is 6. The van der Waals surface area contributed by atoms with Crippen molar-refractivity contribution in [3.05, 3.63) is 28.7 Å². The highest BCUT2D eigenvalue weighted by Gasteiger charge is 2.09. The van der Waals surface area contributed by atoms with Crippen LogP contribution < -0.4 is 4.74 Å². The molecule has 0 saturated carbocycles. The molecule has 1 aromatic carbocycles. The second-order valence-corrected chi connectivity index (χ2v) is 3.28. The maximum Gasteiger partial charge on any atom is 0.335 e. The minimum Gasteiger partial charge on any atom is -0.491 e. The quantitative estimate of drug-likeness (QED) is 0.594. The summed E-state index contributed by atoms with van der Waals surface area (Å²) in [7, 11) is 0. The molecular weight excluding hydrogens is 210 g/mol. The Labute approximate surface area is 93.0 Å². The molecule has 0 aliphatic rings. The summed E-state index contributed by atoms with van der Waals surface area (Å²) in [4.78, 5) is 21.2. The van der Waals surface area contributed by atoms with Gasteiger partial charge in [0.1, 0.15) is 11.4 Å². The van der Waals surface area contributed by atoms with Crippen molar-refractivity contribution in [3.63, 3.8) is 0 Å². The Balaban J connectivity index is 2.88. The molecule has 1 N–H and O–H groups in total. The Morgan fingerprint density at radius 2 is 2.25 bits per heavy atom. The summed E-state index contributed by atoms with van der Waals surface area (Å²) >= 11 is 0. The van der Waals surface area contributed by atoms with Crippen molar-refractivity contribution in [1.29, 1.82) is 0 Å². The topological polar surface area (TPSA) is 76.0 Å². The van der Waals surface area contributed by atoms with Gasteiger partial charge in [0, 0.05) is 0 Å². The largest absolute Gasteiger partial charge is 0.491 e. The standard InChI is InChI=1S/C11H13NO4/c1-2-3-6-16-10-7-8(11(13)14)4-5-9(10)12-15/h4-5,7H,2-3,6H2,1H3,(H,13,14). The van der Waals surface area contributed by atoms with Crippen molar-refractivity contribution in [3.8, 4) is 5.75 Å². The molecule has 0 aliphatic carbocycles. The van der Waals surface area contributed by atoms with Gasteiger partial charge in [0.2, 0.25) is 0 Å². The molecule has 1 rings (SSSR count). The van der Waals surface area contributed by atoms with E-state index in [9.17, 15) is 9.70 Å². The molecule has 0 aliphatic heterocycles. The van der Waals surface area contributed by atoms with E-state index in [1.165, 1.54) is 18.2 Å². The third kappa shape index (κ3) is 3.05. The zero-order chi connectivity index (χ0) is 12.0. The van der Waals surface area contributed by atoms with Crippen LogP contribution in [0.4, 0.5) is 5.69 Å². The lowest BCUT2D eigenvalue weighted by Crippen LogP contribution is -2.00. The van der Waals surface area contributed by atoms with Gasteiger partial charge in [-0.1, -0.05) is 13.3 Å². The van der Waals surface area contributed by atoms with Crippen LogP contribution in [0.1, 0.15) is 30.1 Å². The summed E-state index contributed by atoms with van der Waals surface area (Å²) in [6.45, 7) is 2.46. The maximum atomic E-state index is 10.7. The molecule has 0 unspecified atom stereocenters. The molecule has 0 spiro atoms. The Kier molecular flexibility index (Phi) is 4.44. The summed E-state index contributed by atoms with van der Waals surface area (Å²) in [6, 6.07) is 3.98. The predicted octanol–water partition coefficient (Wildman–Crippen LogP) is 2.96. The molecule has 0 amide bonds. The minimum absolute atomic E-state index is 0.0823. The van der Waals surface area contributed by atoms with Crippen LogP contribution in [0, 0.1) is 4.91 Å². The second-order valence-electron chi connectivity index (χ2n) is 3.28. The molecule has 0 fully saturated rings. The Morgan fingerprint density at radius 3 is 2.81 bits per heavy atom. The molecule has 86 valence electrons. The second kappa shape index (κ2) is 5.85. The number of ether oxygens (including phenoxy) is 1. The third-order valence-corrected chi connectivity index (χ3v) is 2.06. The first-order valence-corrected chi connectivity index (χ1v) is 5.02. The summed E-state index contributed by atoms with van der Waals surface area (Å²) in [6.07, 6.45) is 1.80.